The lowest BCUT2D eigenvalue weighted by molar-refractivity contribution is -0.142. The summed E-state index contributed by atoms with van der Waals surface area (Å²) in [6.45, 7) is -0.397. The summed E-state index contributed by atoms with van der Waals surface area (Å²) in [6.07, 6.45) is -5.08. The van der Waals surface area contributed by atoms with E-state index in [1.54, 1.807) is 6.92 Å². The van der Waals surface area contributed by atoms with Gasteiger partial charge < -0.3 is 9.84 Å². The van der Waals surface area contributed by atoms with Crippen LogP contribution in [0.5, 0.6) is 0 Å². The van der Waals surface area contributed by atoms with Gasteiger partial charge in [-0.2, -0.15) is 13.2 Å². The number of ether oxygens (including phenoxy) is 1. The minimum atomic E-state index is -4.44. The molecule has 0 bridgehead atoms. The molecule has 0 saturated carbocycles. The van der Waals surface area contributed by atoms with Crippen molar-refractivity contribution in [3.63, 3.8) is 0 Å². The standard InChI is InChI=1S/C8H14F3NO3/c1-2-3-12(6-8(9,10)11)7(14)15-5-4-13/h13H,2-6H2,1H3. The number of carbonyl (C=O) groups excluding carboxylic acids is 1. The van der Waals surface area contributed by atoms with Crippen LogP contribution in [-0.4, -0.2) is 48.6 Å². The van der Waals surface area contributed by atoms with Crippen LogP contribution in [0.3, 0.4) is 0 Å². The van der Waals surface area contributed by atoms with Gasteiger partial charge in [0.1, 0.15) is 13.2 Å². The van der Waals surface area contributed by atoms with E-state index in [-0.39, 0.29) is 13.2 Å². The zero-order valence-electron chi connectivity index (χ0n) is 8.38. The first-order valence-electron chi connectivity index (χ1n) is 4.50. The third-order valence-corrected chi connectivity index (χ3v) is 1.44. The summed E-state index contributed by atoms with van der Waals surface area (Å²) in [7, 11) is 0. The van der Waals surface area contributed by atoms with E-state index in [0.29, 0.717) is 11.3 Å². The number of alkyl halides is 3. The van der Waals surface area contributed by atoms with Gasteiger partial charge in [-0.3, -0.25) is 4.90 Å². The molecule has 0 aromatic rings. The van der Waals surface area contributed by atoms with Crippen LogP contribution < -0.4 is 0 Å². The van der Waals surface area contributed by atoms with Crippen LogP contribution in [0, 0.1) is 0 Å². The Labute approximate surface area is 85.6 Å². The Kier molecular flexibility index (Phi) is 6.07. The average Bonchev–Trinajstić information content (AvgIpc) is 2.11. The number of hydrogen-bond donors (Lipinski definition) is 1. The maximum atomic E-state index is 12.0. The van der Waals surface area contributed by atoms with E-state index in [1.807, 2.05) is 0 Å². The van der Waals surface area contributed by atoms with Crippen LogP contribution in [0.2, 0.25) is 0 Å². The molecule has 1 N–H and O–H groups in total. The summed E-state index contributed by atoms with van der Waals surface area (Å²) < 4.78 is 40.4. The molecule has 0 radical (unpaired) electrons. The van der Waals surface area contributed by atoms with Gasteiger partial charge in [0.2, 0.25) is 0 Å². The van der Waals surface area contributed by atoms with Crippen molar-refractivity contribution < 1.29 is 27.8 Å². The molecule has 1 amide bonds. The lowest BCUT2D eigenvalue weighted by atomic mass is 10.4. The van der Waals surface area contributed by atoms with Crippen molar-refractivity contribution in [2.24, 2.45) is 0 Å². The fourth-order valence-electron chi connectivity index (χ4n) is 0.945. The summed E-state index contributed by atoms with van der Waals surface area (Å²) in [5.41, 5.74) is 0. The molecule has 7 heteroatoms. The highest BCUT2D eigenvalue weighted by Crippen LogP contribution is 2.17. The Morgan fingerprint density at radius 1 is 1.47 bits per heavy atom. The van der Waals surface area contributed by atoms with E-state index in [4.69, 9.17) is 5.11 Å². The van der Waals surface area contributed by atoms with Crippen molar-refractivity contribution in [1.29, 1.82) is 0 Å². The van der Waals surface area contributed by atoms with E-state index in [9.17, 15) is 18.0 Å². The minimum absolute atomic E-state index is 0.0240. The SMILES string of the molecule is CCCN(CC(F)(F)F)C(=O)OCCO. The molecule has 0 aliphatic carbocycles. The first-order valence-corrected chi connectivity index (χ1v) is 4.50. The Bertz CT molecular complexity index is 196. The van der Waals surface area contributed by atoms with Crippen molar-refractivity contribution in [3.8, 4) is 0 Å². The van der Waals surface area contributed by atoms with E-state index in [2.05, 4.69) is 4.74 Å². The van der Waals surface area contributed by atoms with Gasteiger partial charge in [0, 0.05) is 6.54 Å². The van der Waals surface area contributed by atoms with E-state index < -0.39 is 25.4 Å². The van der Waals surface area contributed by atoms with Crippen molar-refractivity contribution in [2.75, 3.05) is 26.3 Å². The van der Waals surface area contributed by atoms with Gasteiger partial charge in [0.05, 0.1) is 6.61 Å². The summed E-state index contributed by atoms with van der Waals surface area (Å²) in [5, 5.41) is 8.34. The topological polar surface area (TPSA) is 49.8 Å². The molecule has 0 saturated heterocycles. The van der Waals surface area contributed by atoms with E-state index >= 15 is 0 Å². The predicted octanol–water partition coefficient (Wildman–Crippen LogP) is 1.39. The molecule has 0 rings (SSSR count). The van der Waals surface area contributed by atoms with Gasteiger partial charge in [0.15, 0.2) is 0 Å². The fraction of sp³-hybridized carbons (Fsp3) is 0.875. The Morgan fingerprint density at radius 3 is 2.47 bits per heavy atom. The monoisotopic (exact) mass is 229 g/mol. The number of aliphatic hydroxyl groups is 1. The van der Waals surface area contributed by atoms with Crippen molar-refractivity contribution >= 4 is 6.09 Å². The Morgan fingerprint density at radius 2 is 2.07 bits per heavy atom. The quantitative estimate of drug-likeness (QED) is 0.775. The summed E-state index contributed by atoms with van der Waals surface area (Å²) in [4.78, 5) is 11.6. The number of halogens is 3. The summed E-state index contributed by atoms with van der Waals surface area (Å²) in [5.74, 6) is 0. The molecule has 0 spiro atoms. The zero-order chi connectivity index (χ0) is 11.9. The molecular formula is C8H14F3NO3. The molecule has 15 heavy (non-hydrogen) atoms. The second-order valence-electron chi connectivity index (χ2n) is 2.87. The normalized spacial score (nSPS) is 11.3. The van der Waals surface area contributed by atoms with Crippen molar-refractivity contribution in [3.05, 3.63) is 0 Å². The highest BCUT2D eigenvalue weighted by Gasteiger charge is 2.33. The maximum Gasteiger partial charge on any atom is 0.410 e. The molecule has 0 aliphatic rings. The third-order valence-electron chi connectivity index (χ3n) is 1.44. The van der Waals surface area contributed by atoms with E-state index in [1.165, 1.54) is 0 Å². The van der Waals surface area contributed by atoms with Gasteiger partial charge in [-0.05, 0) is 6.42 Å². The molecule has 0 aromatic heterocycles. The second-order valence-corrected chi connectivity index (χ2v) is 2.87. The van der Waals surface area contributed by atoms with Gasteiger partial charge in [0.25, 0.3) is 0 Å². The maximum absolute atomic E-state index is 12.0. The number of amides is 1. The third kappa shape index (κ3) is 7.01. The lowest BCUT2D eigenvalue weighted by Gasteiger charge is -2.22. The Balaban J connectivity index is 4.18. The molecule has 90 valence electrons. The van der Waals surface area contributed by atoms with Crippen molar-refractivity contribution in [2.45, 2.75) is 19.5 Å². The number of aliphatic hydroxyl groups excluding tert-OH is 1. The first-order chi connectivity index (χ1) is 6.90. The van der Waals surface area contributed by atoms with Crippen LogP contribution in [-0.2, 0) is 4.74 Å². The first kappa shape index (κ1) is 14.0. The highest BCUT2D eigenvalue weighted by atomic mass is 19.4. The molecular weight excluding hydrogens is 215 g/mol. The number of rotatable bonds is 5. The van der Waals surface area contributed by atoms with Crippen LogP contribution in [0.4, 0.5) is 18.0 Å². The van der Waals surface area contributed by atoms with Crippen LogP contribution in [0.1, 0.15) is 13.3 Å². The average molecular weight is 229 g/mol. The van der Waals surface area contributed by atoms with Crippen LogP contribution in [0.15, 0.2) is 0 Å². The van der Waals surface area contributed by atoms with Gasteiger partial charge >= 0.3 is 12.3 Å². The number of carbonyl (C=O) groups is 1. The molecule has 0 aromatic carbocycles. The number of nitrogens with zero attached hydrogens (tertiary/aromatic N) is 1. The number of hydrogen-bond acceptors (Lipinski definition) is 3. The lowest BCUT2D eigenvalue weighted by Crippen LogP contribution is -2.40. The van der Waals surface area contributed by atoms with Gasteiger partial charge in [-0.15, -0.1) is 0 Å². The summed E-state index contributed by atoms with van der Waals surface area (Å²) >= 11 is 0. The summed E-state index contributed by atoms with van der Waals surface area (Å²) in [6, 6.07) is 0. The molecule has 0 atom stereocenters. The van der Waals surface area contributed by atoms with Crippen LogP contribution >= 0.6 is 0 Å². The molecule has 0 unspecified atom stereocenters. The Hall–Kier alpha value is -0.980. The van der Waals surface area contributed by atoms with Gasteiger partial charge in [-0.1, -0.05) is 6.92 Å². The smallest absolute Gasteiger partial charge is 0.410 e. The molecule has 0 heterocycles. The molecule has 0 fully saturated rings. The van der Waals surface area contributed by atoms with Crippen molar-refractivity contribution in [1.82, 2.24) is 4.90 Å². The largest absolute Gasteiger partial charge is 0.447 e. The second kappa shape index (κ2) is 6.49. The fourth-order valence-corrected chi connectivity index (χ4v) is 0.945. The van der Waals surface area contributed by atoms with E-state index in [0.717, 1.165) is 0 Å². The highest BCUT2D eigenvalue weighted by molar-refractivity contribution is 5.67. The molecule has 4 nitrogen and oxygen atoms in total. The van der Waals surface area contributed by atoms with Gasteiger partial charge in [-0.25, -0.2) is 4.79 Å². The predicted molar refractivity (Wildman–Crippen MR) is 46.4 cm³/mol. The minimum Gasteiger partial charge on any atom is -0.447 e. The van der Waals surface area contributed by atoms with Crippen LogP contribution in [0.25, 0.3) is 0 Å². The molecule has 0 aliphatic heterocycles. The zero-order valence-corrected chi connectivity index (χ0v) is 8.38.